The first-order valence-electron chi connectivity index (χ1n) is 3.81. The Balaban J connectivity index is 2.85. The molecule has 0 aliphatic heterocycles. The highest BCUT2D eigenvalue weighted by molar-refractivity contribution is 9.10. The van der Waals surface area contributed by atoms with Gasteiger partial charge in [0.25, 0.3) is 0 Å². The molecule has 0 aliphatic rings. The minimum atomic E-state index is 0.620. The molecular weight excluding hydrogens is 232 g/mol. The zero-order valence-corrected chi connectivity index (χ0v) is 9.41. The van der Waals surface area contributed by atoms with Crippen molar-refractivity contribution in [3.63, 3.8) is 0 Å². The van der Waals surface area contributed by atoms with Gasteiger partial charge in [0.15, 0.2) is 5.82 Å². The molecular formula is C8H11BrN4. The molecule has 13 heavy (non-hydrogen) atoms. The van der Waals surface area contributed by atoms with Gasteiger partial charge in [-0.2, -0.15) is 0 Å². The van der Waals surface area contributed by atoms with E-state index in [1.807, 2.05) is 38.1 Å². The van der Waals surface area contributed by atoms with Gasteiger partial charge in [-0.15, -0.1) is 10.2 Å². The van der Waals surface area contributed by atoms with Gasteiger partial charge in [0, 0.05) is 14.1 Å². The summed E-state index contributed by atoms with van der Waals surface area (Å²) in [5.74, 6) is 1.52. The molecule has 0 aliphatic carbocycles. The van der Waals surface area contributed by atoms with Crippen molar-refractivity contribution in [1.29, 1.82) is 0 Å². The Bertz CT molecular complexity index is 304. The number of aromatic nitrogens is 2. The molecule has 0 amide bonds. The van der Waals surface area contributed by atoms with Gasteiger partial charge >= 0.3 is 0 Å². The molecule has 0 N–H and O–H groups in total. The third-order valence-electron chi connectivity index (χ3n) is 1.54. The quantitative estimate of drug-likeness (QED) is 0.558. The molecule has 0 fully saturated rings. The first kappa shape index (κ1) is 10.1. The molecule has 70 valence electrons. The van der Waals surface area contributed by atoms with E-state index in [2.05, 4.69) is 31.1 Å². The van der Waals surface area contributed by atoms with Gasteiger partial charge in [0.1, 0.15) is 10.4 Å². The molecule has 1 aromatic heterocycles. The Hall–Kier alpha value is -0.970. The van der Waals surface area contributed by atoms with E-state index in [4.69, 9.17) is 0 Å². The lowest BCUT2D eigenvalue weighted by atomic mass is 10.5. The van der Waals surface area contributed by atoms with Crippen LogP contribution in [0, 0.1) is 0 Å². The molecule has 0 saturated heterocycles. The second-order valence-corrected chi connectivity index (χ2v) is 3.58. The minimum Gasteiger partial charge on any atom is -0.366 e. The maximum atomic E-state index is 4.25. The van der Waals surface area contributed by atoms with Crippen LogP contribution in [0.15, 0.2) is 21.7 Å². The molecule has 0 atom stereocenters. The van der Waals surface area contributed by atoms with E-state index in [1.54, 1.807) is 0 Å². The number of amidine groups is 1. The maximum Gasteiger partial charge on any atom is 0.176 e. The van der Waals surface area contributed by atoms with Crippen molar-refractivity contribution in [2.45, 2.75) is 6.92 Å². The van der Waals surface area contributed by atoms with Gasteiger partial charge in [-0.1, -0.05) is 0 Å². The fraction of sp³-hybridized carbons (Fsp3) is 0.375. The third-order valence-corrected chi connectivity index (χ3v) is 1.96. The number of aliphatic imine (C=N–C) groups is 1. The molecule has 1 heterocycles. The average molecular weight is 243 g/mol. The molecule has 0 saturated carbocycles. The number of halogens is 1. The molecule has 0 spiro atoms. The third kappa shape index (κ3) is 3.10. The zero-order valence-electron chi connectivity index (χ0n) is 7.82. The summed E-state index contributed by atoms with van der Waals surface area (Å²) in [6, 6.07) is 3.62. The molecule has 1 rings (SSSR count). The monoisotopic (exact) mass is 242 g/mol. The van der Waals surface area contributed by atoms with Crippen LogP contribution in [0.3, 0.4) is 0 Å². The van der Waals surface area contributed by atoms with Crippen LogP contribution in [0.1, 0.15) is 6.92 Å². The Morgan fingerprint density at radius 3 is 2.54 bits per heavy atom. The van der Waals surface area contributed by atoms with Crippen LogP contribution in [-0.4, -0.2) is 35.0 Å². The summed E-state index contributed by atoms with van der Waals surface area (Å²) in [7, 11) is 3.87. The first-order valence-corrected chi connectivity index (χ1v) is 4.61. The van der Waals surface area contributed by atoms with E-state index in [1.165, 1.54) is 0 Å². The second-order valence-electron chi connectivity index (χ2n) is 2.77. The van der Waals surface area contributed by atoms with Crippen molar-refractivity contribution in [3.8, 4) is 0 Å². The van der Waals surface area contributed by atoms with Crippen LogP contribution in [0.2, 0.25) is 0 Å². The summed E-state index contributed by atoms with van der Waals surface area (Å²) in [5, 5.41) is 7.72. The minimum absolute atomic E-state index is 0.620. The summed E-state index contributed by atoms with van der Waals surface area (Å²) in [4.78, 5) is 6.17. The number of nitrogens with zero attached hydrogens (tertiary/aromatic N) is 4. The first-order chi connectivity index (χ1) is 6.09. The SMILES string of the molecule is CC(=Nc1ccc(Br)nn1)N(C)C. The highest BCUT2D eigenvalue weighted by atomic mass is 79.9. The summed E-state index contributed by atoms with van der Waals surface area (Å²) >= 11 is 3.21. The van der Waals surface area contributed by atoms with Crippen molar-refractivity contribution in [1.82, 2.24) is 15.1 Å². The van der Waals surface area contributed by atoms with Crippen LogP contribution in [0.25, 0.3) is 0 Å². The lowest BCUT2D eigenvalue weighted by Crippen LogP contribution is -2.17. The molecule has 0 radical (unpaired) electrons. The summed E-state index contributed by atoms with van der Waals surface area (Å²) in [6.07, 6.45) is 0. The predicted molar refractivity (Wildman–Crippen MR) is 56.2 cm³/mol. The van der Waals surface area contributed by atoms with Gasteiger partial charge in [0.2, 0.25) is 0 Å². The molecule has 1 aromatic rings. The van der Waals surface area contributed by atoms with Crippen LogP contribution in [0.4, 0.5) is 5.82 Å². The fourth-order valence-corrected chi connectivity index (χ4v) is 0.846. The van der Waals surface area contributed by atoms with Crippen molar-refractivity contribution in [3.05, 3.63) is 16.7 Å². The Morgan fingerprint density at radius 1 is 1.38 bits per heavy atom. The molecule has 5 heteroatoms. The van der Waals surface area contributed by atoms with E-state index in [9.17, 15) is 0 Å². The highest BCUT2D eigenvalue weighted by Crippen LogP contribution is 2.10. The summed E-state index contributed by atoms with van der Waals surface area (Å²) in [6.45, 7) is 1.92. The largest absolute Gasteiger partial charge is 0.366 e. The van der Waals surface area contributed by atoms with Crippen molar-refractivity contribution >= 4 is 27.6 Å². The van der Waals surface area contributed by atoms with Gasteiger partial charge in [-0.05, 0) is 35.0 Å². The van der Waals surface area contributed by atoms with E-state index < -0.39 is 0 Å². The summed E-state index contributed by atoms with van der Waals surface area (Å²) < 4.78 is 0.717. The van der Waals surface area contributed by atoms with Crippen molar-refractivity contribution in [2.75, 3.05) is 14.1 Å². The molecule has 4 nitrogen and oxygen atoms in total. The Morgan fingerprint density at radius 2 is 2.08 bits per heavy atom. The molecule has 0 bridgehead atoms. The van der Waals surface area contributed by atoms with Crippen LogP contribution in [-0.2, 0) is 0 Å². The van der Waals surface area contributed by atoms with Gasteiger partial charge in [-0.25, -0.2) is 4.99 Å². The lowest BCUT2D eigenvalue weighted by molar-refractivity contribution is 0.618. The zero-order chi connectivity index (χ0) is 9.84. The van der Waals surface area contributed by atoms with E-state index in [-0.39, 0.29) is 0 Å². The van der Waals surface area contributed by atoms with E-state index in [0.717, 1.165) is 5.84 Å². The fourth-order valence-electron chi connectivity index (χ4n) is 0.634. The highest BCUT2D eigenvalue weighted by Gasteiger charge is 1.96. The van der Waals surface area contributed by atoms with Crippen LogP contribution in [0.5, 0.6) is 0 Å². The van der Waals surface area contributed by atoms with Gasteiger partial charge in [0.05, 0.1) is 0 Å². The number of hydrogen-bond acceptors (Lipinski definition) is 3. The predicted octanol–water partition coefficient (Wildman–Crippen LogP) is 1.85. The number of rotatable bonds is 1. The van der Waals surface area contributed by atoms with Crippen LogP contribution < -0.4 is 0 Å². The average Bonchev–Trinajstić information content (AvgIpc) is 2.08. The topological polar surface area (TPSA) is 41.4 Å². The summed E-state index contributed by atoms with van der Waals surface area (Å²) in [5.41, 5.74) is 0. The van der Waals surface area contributed by atoms with Crippen LogP contribution >= 0.6 is 15.9 Å². The smallest absolute Gasteiger partial charge is 0.176 e. The van der Waals surface area contributed by atoms with E-state index in [0.29, 0.717) is 10.4 Å². The molecule has 0 unspecified atom stereocenters. The van der Waals surface area contributed by atoms with Gasteiger partial charge < -0.3 is 4.90 Å². The van der Waals surface area contributed by atoms with E-state index >= 15 is 0 Å². The number of hydrogen-bond donors (Lipinski definition) is 0. The van der Waals surface area contributed by atoms with Crippen molar-refractivity contribution < 1.29 is 0 Å². The standard InChI is InChI=1S/C8H11BrN4/c1-6(13(2)3)10-8-5-4-7(9)11-12-8/h4-5H,1-3H3. The van der Waals surface area contributed by atoms with Gasteiger partial charge in [-0.3, -0.25) is 0 Å². The Kier molecular flexibility index (Phi) is 3.36. The maximum absolute atomic E-state index is 4.25. The Labute approximate surface area is 85.8 Å². The lowest BCUT2D eigenvalue weighted by Gasteiger charge is -2.09. The normalized spacial score (nSPS) is 11.5. The second kappa shape index (κ2) is 4.32. The van der Waals surface area contributed by atoms with Crippen molar-refractivity contribution in [2.24, 2.45) is 4.99 Å². The molecule has 0 aromatic carbocycles.